The monoisotopic (exact) mass is 517 g/mol. The zero-order chi connectivity index (χ0) is 26.8. The second-order valence-electron chi connectivity index (χ2n) is 10.1. The molecule has 1 aliphatic heterocycles. The van der Waals surface area contributed by atoms with Gasteiger partial charge in [0.05, 0.1) is 23.0 Å². The van der Waals surface area contributed by atoms with E-state index in [0.29, 0.717) is 11.5 Å². The minimum Gasteiger partial charge on any atom is -0.401 e. The number of nitrogens with zero attached hydrogens (tertiary/aromatic N) is 8. The molecule has 2 N–H and O–H groups in total. The van der Waals surface area contributed by atoms with Crippen molar-refractivity contribution in [1.82, 2.24) is 24.5 Å². The third-order valence-corrected chi connectivity index (χ3v) is 7.50. The molecule has 0 aromatic carbocycles. The summed E-state index contributed by atoms with van der Waals surface area (Å²) < 4.78 is 1.77. The lowest BCUT2D eigenvalue weighted by molar-refractivity contribution is 0.246. The molecule has 4 aromatic heterocycles. The molecule has 0 atom stereocenters. The average molecular weight is 518 g/mol. The maximum absolute atomic E-state index is 9.77. The van der Waals surface area contributed by atoms with E-state index in [1.165, 1.54) is 0 Å². The fourth-order valence-corrected chi connectivity index (χ4v) is 5.22. The van der Waals surface area contributed by atoms with Crippen LogP contribution in [0.1, 0.15) is 29.7 Å². The summed E-state index contributed by atoms with van der Waals surface area (Å²) in [6.07, 6.45) is 11.3. The van der Waals surface area contributed by atoms with Gasteiger partial charge in [-0.3, -0.25) is 14.9 Å². The van der Waals surface area contributed by atoms with Crippen LogP contribution in [0.2, 0.25) is 0 Å². The lowest BCUT2D eigenvalue weighted by Crippen LogP contribution is -2.46. The van der Waals surface area contributed by atoms with Gasteiger partial charge in [0.1, 0.15) is 11.9 Å². The maximum Gasteiger partial charge on any atom is 0.128 e. The van der Waals surface area contributed by atoms with E-state index in [1.807, 2.05) is 36.9 Å². The van der Waals surface area contributed by atoms with E-state index in [4.69, 9.17) is 10.7 Å². The van der Waals surface area contributed by atoms with Crippen LogP contribution in [0.5, 0.6) is 0 Å². The largest absolute Gasteiger partial charge is 0.401 e. The normalized spacial score (nSPS) is 17.0. The van der Waals surface area contributed by atoms with Crippen molar-refractivity contribution in [3.8, 4) is 17.2 Å². The van der Waals surface area contributed by atoms with Crippen LogP contribution in [0.25, 0.3) is 22.2 Å². The number of allylic oxidation sites excluding steroid dienone is 2. The summed E-state index contributed by atoms with van der Waals surface area (Å²) in [7, 11) is 1.75. The predicted octanol–water partition coefficient (Wildman–Crippen LogP) is 3.77. The molecule has 2 aliphatic rings. The molecule has 0 spiro atoms. The first kappa shape index (κ1) is 24.8. The summed E-state index contributed by atoms with van der Waals surface area (Å²) in [5.41, 5.74) is 13.4. The number of rotatable bonds is 7. The molecule has 1 aliphatic carbocycles. The van der Waals surface area contributed by atoms with Crippen LogP contribution in [0.3, 0.4) is 0 Å². The van der Waals surface area contributed by atoms with E-state index in [0.717, 1.165) is 90.6 Å². The van der Waals surface area contributed by atoms with Gasteiger partial charge in [-0.2, -0.15) is 10.4 Å². The molecule has 0 amide bonds. The van der Waals surface area contributed by atoms with Gasteiger partial charge in [-0.1, -0.05) is 6.07 Å². The molecule has 0 bridgehead atoms. The molecule has 9 heteroatoms. The van der Waals surface area contributed by atoms with Crippen molar-refractivity contribution in [1.29, 1.82) is 5.26 Å². The molecular formula is C30H31N9. The number of anilines is 1. The Bertz CT molecular complexity index is 1570. The van der Waals surface area contributed by atoms with E-state index >= 15 is 0 Å². The summed E-state index contributed by atoms with van der Waals surface area (Å²) >= 11 is 0. The molecule has 0 radical (unpaired) electrons. The fourth-order valence-electron chi connectivity index (χ4n) is 5.22. The highest BCUT2D eigenvalue weighted by Gasteiger charge is 2.27. The zero-order valence-corrected chi connectivity index (χ0v) is 22.0. The Morgan fingerprint density at radius 3 is 2.64 bits per heavy atom. The molecule has 1 saturated carbocycles. The number of aromatic nitrogens is 4. The number of nitrogens with two attached hydrogens (primary N) is 1. The van der Waals surface area contributed by atoms with Crippen molar-refractivity contribution >= 4 is 23.1 Å². The lowest BCUT2D eigenvalue weighted by atomic mass is 9.98. The smallest absolute Gasteiger partial charge is 0.128 e. The first-order valence-electron chi connectivity index (χ1n) is 13.3. The summed E-state index contributed by atoms with van der Waals surface area (Å²) in [6.45, 7) is 4.60. The molecule has 9 nitrogen and oxygen atoms in total. The number of hydrogen-bond acceptors (Lipinski definition) is 8. The minimum atomic E-state index is 0.398. The Labute approximate surface area is 227 Å². The van der Waals surface area contributed by atoms with Gasteiger partial charge in [0.2, 0.25) is 0 Å². The molecule has 6 rings (SSSR count). The highest BCUT2D eigenvalue weighted by molar-refractivity contribution is 6.11. The number of aliphatic imine (C=N–C) groups is 1. The number of piperazine rings is 1. The van der Waals surface area contributed by atoms with Gasteiger partial charge in [0.25, 0.3) is 0 Å². The molecule has 2 fully saturated rings. The Balaban J connectivity index is 1.28. The van der Waals surface area contributed by atoms with Crippen molar-refractivity contribution in [2.45, 2.75) is 19.4 Å². The van der Waals surface area contributed by atoms with Crippen LogP contribution in [0.4, 0.5) is 5.82 Å². The van der Waals surface area contributed by atoms with E-state index in [2.05, 4.69) is 55.2 Å². The van der Waals surface area contributed by atoms with E-state index in [1.54, 1.807) is 17.8 Å². The average Bonchev–Trinajstić information content (AvgIpc) is 3.75. The Morgan fingerprint density at radius 1 is 1.13 bits per heavy atom. The van der Waals surface area contributed by atoms with Crippen LogP contribution in [-0.4, -0.2) is 63.9 Å². The minimum absolute atomic E-state index is 0.398. The standard InChI is InChI=1S/C30H31N9/c1-33-18-27(29(32)21-5-6-21)23-14-26(30-24(15-31)17-36-39(30)19-23)22-7-8-28(35-16-22)38-12-10-37(11-13-38)20-25-4-2-3-9-34-25/h2-4,7-9,14,16-19,21H,5-6,10-13,20,32H2,1H3. The van der Waals surface area contributed by atoms with E-state index in [-0.39, 0.29) is 0 Å². The van der Waals surface area contributed by atoms with Crippen LogP contribution in [0, 0.1) is 17.2 Å². The van der Waals surface area contributed by atoms with Gasteiger partial charge in [-0.05, 0) is 49.1 Å². The van der Waals surface area contributed by atoms with Crippen molar-refractivity contribution in [3.05, 3.63) is 83.7 Å². The van der Waals surface area contributed by atoms with Crippen LogP contribution in [0.15, 0.2) is 71.9 Å². The second kappa shape index (κ2) is 10.7. The van der Waals surface area contributed by atoms with Gasteiger partial charge in [-0.25, -0.2) is 9.50 Å². The molecule has 39 heavy (non-hydrogen) atoms. The zero-order valence-electron chi connectivity index (χ0n) is 22.0. The number of fused-ring (bicyclic) bond motifs is 1. The summed E-state index contributed by atoms with van der Waals surface area (Å²) in [5, 5.41) is 14.2. The van der Waals surface area contributed by atoms with Gasteiger partial charge in [0, 0.05) is 92.5 Å². The number of pyridine rings is 3. The Morgan fingerprint density at radius 2 is 1.97 bits per heavy atom. The second-order valence-corrected chi connectivity index (χ2v) is 10.1. The first-order valence-corrected chi connectivity index (χ1v) is 13.3. The topological polar surface area (TPSA) is 112 Å². The molecule has 4 aromatic rings. The predicted molar refractivity (Wildman–Crippen MR) is 153 cm³/mol. The quantitative estimate of drug-likeness (QED) is 0.372. The third-order valence-electron chi connectivity index (χ3n) is 7.50. The molecule has 5 heterocycles. The summed E-state index contributed by atoms with van der Waals surface area (Å²) in [4.78, 5) is 18.3. The molecule has 1 saturated heterocycles. The SMILES string of the molecule is CN=CC(=C(N)C1CC1)c1cc(-c2ccc(N3CCN(Cc4ccccn4)CC3)nc2)c2c(C#N)cnn2c1. The van der Waals surface area contributed by atoms with Crippen LogP contribution < -0.4 is 10.6 Å². The molecular weight excluding hydrogens is 486 g/mol. The lowest BCUT2D eigenvalue weighted by Gasteiger charge is -2.35. The van der Waals surface area contributed by atoms with E-state index < -0.39 is 0 Å². The van der Waals surface area contributed by atoms with E-state index in [9.17, 15) is 5.26 Å². The highest BCUT2D eigenvalue weighted by Crippen LogP contribution is 2.38. The van der Waals surface area contributed by atoms with Gasteiger partial charge >= 0.3 is 0 Å². The van der Waals surface area contributed by atoms with Gasteiger partial charge in [0.15, 0.2) is 0 Å². The van der Waals surface area contributed by atoms with Gasteiger partial charge < -0.3 is 10.6 Å². The van der Waals surface area contributed by atoms with Crippen molar-refractivity contribution in [3.63, 3.8) is 0 Å². The van der Waals surface area contributed by atoms with Crippen LogP contribution >= 0.6 is 0 Å². The molecule has 0 unspecified atom stereocenters. The van der Waals surface area contributed by atoms with Crippen molar-refractivity contribution in [2.75, 3.05) is 38.1 Å². The molecule has 196 valence electrons. The number of hydrogen-bond donors (Lipinski definition) is 1. The summed E-state index contributed by atoms with van der Waals surface area (Å²) in [6, 6.07) is 14.6. The highest BCUT2D eigenvalue weighted by atomic mass is 15.3. The summed E-state index contributed by atoms with van der Waals surface area (Å²) in [5.74, 6) is 1.35. The Kier molecular flexibility index (Phi) is 6.78. The Hall–Kier alpha value is -4.55. The first-order chi connectivity index (χ1) is 19.1. The van der Waals surface area contributed by atoms with Crippen LogP contribution in [-0.2, 0) is 6.54 Å². The van der Waals surface area contributed by atoms with Gasteiger partial charge in [-0.15, -0.1) is 0 Å². The fraction of sp³-hybridized carbons (Fsp3) is 0.300. The van der Waals surface area contributed by atoms with Crippen molar-refractivity contribution in [2.24, 2.45) is 16.6 Å². The maximum atomic E-state index is 9.77. The van der Waals surface area contributed by atoms with Crippen molar-refractivity contribution < 1.29 is 0 Å². The third kappa shape index (κ3) is 5.11. The number of nitriles is 1.